The number of nitrogens with zero attached hydrogens (tertiary/aromatic N) is 3. The molecule has 2 heterocycles. The quantitative estimate of drug-likeness (QED) is 0.906. The summed E-state index contributed by atoms with van der Waals surface area (Å²) < 4.78 is 0. The number of piperazine rings is 1. The number of hydrogen-bond acceptors (Lipinski definition) is 4. The Bertz CT molecular complexity index is 464. The van der Waals surface area contributed by atoms with Gasteiger partial charge in [0.05, 0.1) is 5.02 Å². The van der Waals surface area contributed by atoms with Crippen LogP contribution in [0.2, 0.25) is 5.02 Å². The lowest BCUT2D eigenvalue weighted by Gasteiger charge is -2.40. The van der Waals surface area contributed by atoms with Crippen molar-refractivity contribution >= 4 is 17.4 Å². The first-order valence-corrected chi connectivity index (χ1v) is 8.25. The third-order valence-electron chi connectivity index (χ3n) is 4.12. The van der Waals surface area contributed by atoms with Gasteiger partial charge in [0.15, 0.2) is 0 Å². The minimum atomic E-state index is 0.450. The van der Waals surface area contributed by atoms with E-state index in [9.17, 15) is 0 Å². The van der Waals surface area contributed by atoms with Gasteiger partial charge >= 0.3 is 0 Å². The van der Waals surface area contributed by atoms with Crippen molar-refractivity contribution < 1.29 is 0 Å². The smallest absolute Gasteiger partial charge is 0.129 e. The van der Waals surface area contributed by atoms with E-state index in [0.717, 1.165) is 49.1 Å². The summed E-state index contributed by atoms with van der Waals surface area (Å²) in [7, 11) is 0. The minimum Gasteiger partial charge on any atom is -0.354 e. The fourth-order valence-electron chi connectivity index (χ4n) is 2.76. The molecule has 0 radical (unpaired) electrons. The molecule has 1 unspecified atom stereocenters. The maximum absolute atomic E-state index is 6.26. The molecule has 21 heavy (non-hydrogen) atoms. The van der Waals surface area contributed by atoms with E-state index in [1.165, 1.54) is 0 Å². The number of halogens is 1. The van der Waals surface area contributed by atoms with E-state index in [2.05, 4.69) is 53.9 Å². The lowest BCUT2D eigenvalue weighted by atomic mass is 10.1. The van der Waals surface area contributed by atoms with Gasteiger partial charge in [0.2, 0.25) is 0 Å². The Morgan fingerprint density at radius 3 is 2.81 bits per heavy atom. The number of rotatable bonds is 5. The van der Waals surface area contributed by atoms with Crippen LogP contribution in [0.15, 0.2) is 12.3 Å². The highest BCUT2D eigenvalue weighted by Crippen LogP contribution is 2.22. The molecule has 0 saturated carbocycles. The maximum atomic E-state index is 6.26. The van der Waals surface area contributed by atoms with E-state index >= 15 is 0 Å². The standard InChI is InChI=1S/C16H27ClN4/c1-5-20-6-7-21(11-13(20)4)16-8-14(9-18-12(2)3)15(17)10-19-16/h8,10,12-13,18H,5-7,9,11H2,1-4H3. The van der Waals surface area contributed by atoms with Crippen LogP contribution in [-0.2, 0) is 6.54 Å². The Morgan fingerprint density at radius 2 is 2.19 bits per heavy atom. The van der Waals surface area contributed by atoms with Crippen molar-refractivity contribution in [3.05, 3.63) is 22.8 Å². The number of nitrogens with one attached hydrogen (secondary N) is 1. The number of anilines is 1. The molecule has 1 aliphatic heterocycles. The molecule has 1 aliphatic rings. The van der Waals surface area contributed by atoms with Gasteiger partial charge in [-0.15, -0.1) is 0 Å². The first-order valence-electron chi connectivity index (χ1n) is 7.88. The highest BCUT2D eigenvalue weighted by Gasteiger charge is 2.23. The van der Waals surface area contributed by atoms with Crippen molar-refractivity contribution in [2.24, 2.45) is 0 Å². The molecule has 1 aromatic rings. The van der Waals surface area contributed by atoms with Crippen LogP contribution in [0.3, 0.4) is 0 Å². The van der Waals surface area contributed by atoms with Crippen LogP contribution in [0.25, 0.3) is 0 Å². The average Bonchev–Trinajstić information content (AvgIpc) is 2.46. The zero-order valence-electron chi connectivity index (χ0n) is 13.6. The summed E-state index contributed by atoms with van der Waals surface area (Å²) in [6, 6.07) is 3.15. The second-order valence-corrected chi connectivity index (χ2v) is 6.50. The van der Waals surface area contributed by atoms with E-state index < -0.39 is 0 Å². The molecule has 0 aliphatic carbocycles. The number of pyridine rings is 1. The first kappa shape index (κ1) is 16.5. The lowest BCUT2D eigenvalue weighted by Crippen LogP contribution is -2.52. The van der Waals surface area contributed by atoms with Gasteiger partial charge in [0, 0.05) is 44.5 Å². The SMILES string of the molecule is CCN1CCN(c2cc(CNC(C)C)c(Cl)cn2)CC1C. The molecule has 0 spiro atoms. The van der Waals surface area contributed by atoms with E-state index in [1.807, 2.05) is 0 Å². The molecule has 1 atom stereocenters. The van der Waals surface area contributed by atoms with Crippen LogP contribution < -0.4 is 10.2 Å². The highest BCUT2D eigenvalue weighted by atomic mass is 35.5. The van der Waals surface area contributed by atoms with Crippen molar-refractivity contribution in [2.75, 3.05) is 31.1 Å². The molecule has 1 fully saturated rings. The topological polar surface area (TPSA) is 31.4 Å². The summed E-state index contributed by atoms with van der Waals surface area (Å²) in [5.41, 5.74) is 1.13. The highest BCUT2D eigenvalue weighted by molar-refractivity contribution is 6.31. The average molecular weight is 311 g/mol. The summed E-state index contributed by atoms with van der Waals surface area (Å²) in [4.78, 5) is 9.40. The van der Waals surface area contributed by atoms with Crippen molar-refractivity contribution in [1.29, 1.82) is 0 Å². The van der Waals surface area contributed by atoms with Crippen molar-refractivity contribution in [2.45, 2.75) is 46.3 Å². The van der Waals surface area contributed by atoms with Crippen LogP contribution >= 0.6 is 11.6 Å². The Morgan fingerprint density at radius 1 is 1.43 bits per heavy atom. The van der Waals surface area contributed by atoms with Gasteiger partial charge in [0.25, 0.3) is 0 Å². The summed E-state index contributed by atoms with van der Waals surface area (Å²) in [5, 5.41) is 4.16. The maximum Gasteiger partial charge on any atom is 0.129 e. The molecule has 2 rings (SSSR count). The summed E-state index contributed by atoms with van der Waals surface area (Å²) >= 11 is 6.26. The third-order valence-corrected chi connectivity index (χ3v) is 4.46. The van der Waals surface area contributed by atoms with E-state index in [4.69, 9.17) is 11.6 Å². The summed E-state index contributed by atoms with van der Waals surface area (Å²) in [5.74, 6) is 1.04. The molecule has 1 N–H and O–H groups in total. The van der Waals surface area contributed by atoms with Gasteiger partial charge in [0.1, 0.15) is 5.82 Å². The molecular weight excluding hydrogens is 284 g/mol. The molecule has 1 saturated heterocycles. The molecule has 1 aromatic heterocycles. The molecule has 4 nitrogen and oxygen atoms in total. The fraction of sp³-hybridized carbons (Fsp3) is 0.688. The molecule has 0 aromatic carbocycles. The fourth-order valence-corrected chi connectivity index (χ4v) is 2.93. The van der Waals surface area contributed by atoms with Gasteiger partial charge in [-0.3, -0.25) is 4.90 Å². The molecule has 5 heteroatoms. The van der Waals surface area contributed by atoms with Crippen molar-refractivity contribution in [3.8, 4) is 0 Å². The normalized spacial score (nSPS) is 20.3. The molecular formula is C16H27ClN4. The summed E-state index contributed by atoms with van der Waals surface area (Å²) in [6.45, 7) is 13.9. The van der Waals surface area contributed by atoms with Gasteiger partial charge in [-0.1, -0.05) is 32.4 Å². The predicted molar refractivity (Wildman–Crippen MR) is 90.1 cm³/mol. The number of aromatic nitrogens is 1. The molecule has 118 valence electrons. The third kappa shape index (κ3) is 4.31. The Hall–Kier alpha value is -0.840. The van der Waals surface area contributed by atoms with Gasteiger partial charge in [-0.25, -0.2) is 4.98 Å². The van der Waals surface area contributed by atoms with Gasteiger partial charge in [-0.05, 0) is 25.1 Å². The van der Waals surface area contributed by atoms with Gasteiger partial charge in [-0.2, -0.15) is 0 Å². The van der Waals surface area contributed by atoms with Crippen LogP contribution in [0.4, 0.5) is 5.82 Å². The second-order valence-electron chi connectivity index (χ2n) is 6.09. The number of likely N-dealkylation sites (N-methyl/N-ethyl adjacent to an activating group) is 1. The van der Waals surface area contributed by atoms with Crippen LogP contribution in [-0.4, -0.2) is 48.1 Å². The van der Waals surface area contributed by atoms with Crippen LogP contribution in [0.1, 0.15) is 33.3 Å². The Labute approximate surface area is 133 Å². The monoisotopic (exact) mass is 310 g/mol. The van der Waals surface area contributed by atoms with Crippen molar-refractivity contribution in [3.63, 3.8) is 0 Å². The van der Waals surface area contributed by atoms with E-state index in [1.54, 1.807) is 6.20 Å². The first-order chi connectivity index (χ1) is 10.0. The number of hydrogen-bond donors (Lipinski definition) is 1. The minimum absolute atomic E-state index is 0.450. The van der Waals surface area contributed by atoms with Crippen molar-refractivity contribution in [1.82, 2.24) is 15.2 Å². The van der Waals surface area contributed by atoms with Gasteiger partial charge < -0.3 is 10.2 Å². The molecule has 0 amide bonds. The second kappa shape index (κ2) is 7.43. The van der Waals surface area contributed by atoms with E-state index in [-0.39, 0.29) is 0 Å². The molecule has 0 bridgehead atoms. The van der Waals surface area contributed by atoms with Crippen LogP contribution in [0, 0.1) is 0 Å². The zero-order chi connectivity index (χ0) is 15.4. The largest absolute Gasteiger partial charge is 0.354 e. The lowest BCUT2D eigenvalue weighted by molar-refractivity contribution is 0.199. The Kier molecular flexibility index (Phi) is 5.85. The zero-order valence-corrected chi connectivity index (χ0v) is 14.3. The summed E-state index contributed by atoms with van der Waals surface area (Å²) in [6.07, 6.45) is 1.78. The Balaban J connectivity index is 2.08. The predicted octanol–water partition coefficient (Wildman–Crippen LogP) is 2.76. The van der Waals surface area contributed by atoms with Crippen LogP contribution in [0.5, 0.6) is 0 Å². The van der Waals surface area contributed by atoms with E-state index in [0.29, 0.717) is 12.1 Å².